The van der Waals surface area contributed by atoms with Crippen LogP contribution in [0.3, 0.4) is 0 Å². The number of rotatable bonds is 2. The molecule has 0 bridgehead atoms. The van der Waals surface area contributed by atoms with Gasteiger partial charge < -0.3 is 0 Å². The largest absolute Gasteiger partial charge is 0.121 e. The molecule has 0 aliphatic rings. The first-order valence-electron chi connectivity index (χ1n) is 1.85. The quantitative estimate of drug-likeness (QED) is 0.607. The van der Waals surface area contributed by atoms with Gasteiger partial charge in [-0.2, -0.15) is 0 Å². The van der Waals surface area contributed by atoms with E-state index in [9.17, 15) is 0 Å². The van der Waals surface area contributed by atoms with Gasteiger partial charge in [-0.05, 0) is 6.92 Å². The van der Waals surface area contributed by atoms with E-state index in [0.29, 0.717) is 5.33 Å². The van der Waals surface area contributed by atoms with Crippen LogP contribution in [0.2, 0.25) is 0 Å². The second-order valence-electron chi connectivity index (χ2n) is 1.19. The molecule has 0 heterocycles. The third kappa shape index (κ3) is 3.63. The van der Waals surface area contributed by atoms with Gasteiger partial charge in [0.05, 0.1) is 10.8 Å². The van der Waals surface area contributed by atoms with Gasteiger partial charge >= 0.3 is 0 Å². The Kier molecular flexibility index (Phi) is 4.60. The van der Waals surface area contributed by atoms with Crippen LogP contribution in [0, 0.1) is 6.92 Å². The standard InChI is InChI=1S/C4H6BrCl2/c1-3(6)4(7)2-5/h3-4H,1-2H2. The molecular weight excluding hydrogens is 199 g/mol. The fourth-order valence-electron chi connectivity index (χ4n) is 0.0967. The lowest BCUT2D eigenvalue weighted by Gasteiger charge is -2.04. The van der Waals surface area contributed by atoms with Gasteiger partial charge in [0.2, 0.25) is 0 Å². The van der Waals surface area contributed by atoms with E-state index >= 15 is 0 Å². The van der Waals surface area contributed by atoms with Crippen molar-refractivity contribution >= 4 is 39.1 Å². The molecular formula is C4H6BrCl2. The van der Waals surface area contributed by atoms with E-state index in [1.54, 1.807) is 0 Å². The molecule has 0 N–H and O–H groups in total. The maximum Gasteiger partial charge on any atom is 0.0596 e. The van der Waals surface area contributed by atoms with Crippen LogP contribution in [0.15, 0.2) is 0 Å². The summed E-state index contributed by atoms with van der Waals surface area (Å²) >= 11 is 14.2. The number of halogens is 3. The van der Waals surface area contributed by atoms with Gasteiger partial charge in [0.15, 0.2) is 0 Å². The van der Waals surface area contributed by atoms with Gasteiger partial charge in [-0.3, -0.25) is 0 Å². The molecule has 0 saturated heterocycles. The lowest BCUT2D eigenvalue weighted by Crippen LogP contribution is -2.11. The molecule has 0 aromatic heterocycles. The maximum atomic E-state index is 5.56. The van der Waals surface area contributed by atoms with Crippen LogP contribution in [-0.4, -0.2) is 16.1 Å². The Morgan fingerprint density at radius 2 is 2.00 bits per heavy atom. The van der Waals surface area contributed by atoms with Crippen LogP contribution in [-0.2, 0) is 0 Å². The summed E-state index contributed by atoms with van der Waals surface area (Å²) in [7, 11) is 0. The molecule has 0 nitrogen and oxygen atoms in total. The number of alkyl halides is 3. The summed E-state index contributed by atoms with van der Waals surface area (Å²) in [5.41, 5.74) is 0. The van der Waals surface area contributed by atoms with E-state index in [-0.39, 0.29) is 10.8 Å². The fourth-order valence-corrected chi connectivity index (χ4v) is 0.852. The molecule has 0 aromatic rings. The van der Waals surface area contributed by atoms with E-state index in [2.05, 4.69) is 22.9 Å². The molecule has 0 amide bonds. The van der Waals surface area contributed by atoms with Crippen molar-refractivity contribution in [3.8, 4) is 0 Å². The van der Waals surface area contributed by atoms with Gasteiger partial charge in [0.1, 0.15) is 0 Å². The van der Waals surface area contributed by atoms with Crippen molar-refractivity contribution in [2.45, 2.75) is 10.8 Å². The molecule has 0 aromatic carbocycles. The van der Waals surface area contributed by atoms with Gasteiger partial charge in [0.25, 0.3) is 0 Å². The van der Waals surface area contributed by atoms with Crippen molar-refractivity contribution < 1.29 is 0 Å². The monoisotopic (exact) mass is 203 g/mol. The normalized spacial score (nSPS) is 18.9. The Morgan fingerprint density at radius 1 is 1.57 bits per heavy atom. The SMILES string of the molecule is [CH2]C(Cl)C(Cl)CBr. The lowest BCUT2D eigenvalue weighted by molar-refractivity contribution is 0.994. The summed E-state index contributed by atoms with van der Waals surface area (Å²) in [5.74, 6) is 0. The van der Waals surface area contributed by atoms with Crippen molar-refractivity contribution in [3.63, 3.8) is 0 Å². The molecule has 0 aliphatic carbocycles. The predicted molar refractivity (Wildman–Crippen MR) is 38.4 cm³/mol. The lowest BCUT2D eigenvalue weighted by atomic mass is 10.4. The van der Waals surface area contributed by atoms with Crippen LogP contribution in [0.4, 0.5) is 0 Å². The smallest absolute Gasteiger partial charge is 0.0596 e. The predicted octanol–water partition coefficient (Wildman–Crippen LogP) is 2.43. The van der Waals surface area contributed by atoms with Crippen LogP contribution < -0.4 is 0 Å². The van der Waals surface area contributed by atoms with Crippen LogP contribution >= 0.6 is 39.1 Å². The Labute approximate surface area is 62.3 Å². The zero-order chi connectivity index (χ0) is 5.86. The Morgan fingerprint density at radius 3 is 2.00 bits per heavy atom. The van der Waals surface area contributed by atoms with Crippen LogP contribution in [0.1, 0.15) is 0 Å². The van der Waals surface area contributed by atoms with Crippen molar-refractivity contribution in [2.24, 2.45) is 0 Å². The Bertz CT molecular complexity index is 47.0. The highest BCUT2D eigenvalue weighted by Gasteiger charge is 2.07. The minimum atomic E-state index is -0.193. The second kappa shape index (κ2) is 3.99. The summed E-state index contributed by atoms with van der Waals surface area (Å²) in [4.78, 5) is 0. The molecule has 2 unspecified atom stereocenters. The first-order chi connectivity index (χ1) is 3.18. The molecule has 0 aliphatic heterocycles. The minimum absolute atomic E-state index is 0.0540. The molecule has 3 heteroatoms. The molecule has 0 fully saturated rings. The van der Waals surface area contributed by atoms with Gasteiger partial charge in [-0.25, -0.2) is 0 Å². The fraction of sp³-hybridized carbons (Fsp3) is 0.750. The number of hydrogen-bond acceptors (Lipinski definition) is 0. The topological polar surface area (TPSA) is 0 Å². The van der Waals surface area contributed by atoms with Crippen molar-refractivity contribution in [1.82, 2.24) is 0 Å². The minimum Gasteiger partial charge on any atom is -0.121 e. The average Bonchev–Trinajstić information content (AvgIpc) is 1.65. The van der Waals surface area contributed by atoms with Gasteiger partial charge in [-0.1, -0.05) is 15.9 Å². The molecule has 43 valence electrons. The van der Waals surface area contributed by atoms with E-state index in [4.69, 9.17) is 23.2 Å². The first-order valence-corrected chi connectivity index (χ1v) is 3.85. The molecule has 1 radical (unpaired) electrons. The van der Waals surface area contributed by atoms with E-state index in [1.165, 1.54) is 0 Å². The highest BCUT2D eigenvalue weighted by molar-refractivity contribution is 9.09. The molecule has 0 saturated carbocycles. The maximum absolute atomic E-state index is 5.56. The van der Waals surface area contributed by atoms with Crippen molar-refractivity contribution in [1.29, 1.82) is 0 Å². The average molecular weight is 205 g/mol. The number of hydrogen-bond donors (Lipinski definition) is 0. The van der Waals surface area contributed by atoms with E-state index < -0.39 is 0 Å². The zero-order valence-electron chi connectivity index (χ0n) is 3.70. The summed E-state index contributed by atoms with van der Waals surface area (Å²) in [6, 6.07) is 0. The first kappa shape index (κ1) is 8.06. The van der Waals surface area contributed by atoms with Gasteiger partial charge in [-0.15, -0.1) is 23.2 Å². The molecule has 7 heavy (non-hydrogen) atoms. The van der Waals surface area contributed by atoms with Crippen LogP contribution in [0.25, 0.3) is 0 Å². The highest BCUT2D eigenvalue weighted by Crippen LogP contribution is 2.10. The third-order valence-electron chi connectivity index (χ3n) is 0.540. The van der Waals surface area contributed by atoms with Crippen LogP contribution in [0.5, 0.6) is 0 Å². The summed E-state index contributed by atoms with van der Waals surface area (Å²) < 4.78 is 0. The molecule has 0 spiro atoms. The second-order valence-corrected chi connectivity index (χ2v) is 2.95. The van der Waals surface area contributed by atoms with E-state index in [1.807, 2.05) is 0 Å². The summed E-state index contributed by atoms with van der Waals surface area (Å²) in [6.07, 6.45) is 0. The highest BCUT2D eigenvalue weighted by atomic mass is 79.9. The Hall–Kier alpha value is 1.06. The van der Waals surface area contributed by atoms with Crippen molar-refractivity contribution in [2.75, 3.05) is 5.33 Å². The summed E-state index contributed by atoms with van der Waals surface area (Å²) in [5, 5.41) is 0.453. The third-order valence-corrected chi connectivity index (χ3v) is 2.50. The summed E-state index contributed by atoms with van der Waals surface area (Å²) in [6.45, 7) is 3.51. The Balaban J connectivity index is 3.14. The van der Waals surface area contributed by atoms with Crippen molar-refractivity contribution in [3.05, 3.63) is 6.92 Å². The van der Waals surface area contributed by atoms with E-state index in [0.717, 1.165) is 0 Å². The molecule has 0 rings (SSSR count). The zero-order valence-corrected chi connectivity index (χ0v) is 6.80. The molecule has 2 atom stereocenters. The van der Waals surface area contributed by atoms with Gasteiger partial charge in [0, 0.05) is 5.33 Å².